The van der Waals surface area contributed by atoms with Gasteiger partial charge < -0.3 is 10.2 Å². The highest BCUT2D eigenvalue weighted by molar-refractivity contribution is 5.79. The number of carbonyl (C=O) groups excluding carboxylic acids is 1. The Labute approximate surface area is 136 Å². The first-order valence-electron chi connectivity index (χ1n) is 8.07. The summed E-state index contributed by atoms with van der Waals surface area (Å²) in [7, 11) is 1.91. The Morgan fingerprint density at radius 2 is 2.26 bits per heavy atom. The molecule has 0 radical (unpaired) electrons. The van der Waals surface area contributed by atoms with Gasteiger partial charge >= 0.3 is 0 Å². The molecule has 23 heavy (non-hydrogen) atoms. The molecule has 2 aromatic rings. The van der Waals surface area contributed by atoms with Crippen LogP contribution in [0.5, 0.6) is 0 Å². The van der Waals surface area contributed by atoms with Crippen LogP contribution in [0.3, 0.4) is 0 Å². The molecule has 122 valence electrons. The molecule has 1 saturated heterocycles. The summed E-state index contributed by atoms with van der Waals surface area (Å²) >= 11 is 0. The van der Waals surface area contributed by atoms with Gasteiger partial charge in [-0.25, -0.2) is 0 Å². The zero-order chi connectivity index (χ0) is 16.2. The molecule has 3 heterocycles. The number of carbonyl (C=O) groups is 1. The predicted octanol–water partition coefficient (Wildman–Crippen LogP) is 1.51. The van der Waals surface area contributed by atoms with Crippen LogP contribution in [0.4, 0.5) is 0 Å². The molecule has 6 heteroatoms. The standard InChI is InChI=1S/C17H23N5O/c1-3-22-16(23)9-14(17(22)13-5-4-7-18-10-13)11-19-12-15-6-8-21(2)20-15/h4-8,10,14,17,19H,3,9,11-12H2,1-2H3/t14-,17-/m0/s1. The van der Waals surface area contributed by atoms with Crippen molar-refractivity contribution in [3.63, 3.8) is 0 Å². The number of aromatic nitrogens is 3. The van der Waals surface area contributed by atoms with Crippen molar-refractivity contribution in [1.29, 1.82) is 0 Å². The molecule has 0 aliphatic carbocycles. The molecular weight excluding hydrogens is 290 g/mol. The normalized spacial score (nSPS) is 21.1. The van der Waals surface area contributed by atoms with Gasteiger partial charge in [0.05, 0.1) is 11.7 Å². The van der Waals surface area contributed by atoms with E-state index in [0.717, 1.165) is 30.9 Å². The number of nitrogens with one attached hydrogen (secondary N) is 1. The SMILES string of the molecule is CCN1C(=O)C[C@@H](CNCc2ccn(C)n2)[C@@H]1c1cccnc1. The highest BCUT2D eigenvalue weighted by atomic mass is 16.2. The largest absolute Gasteiger partial charge is 0.336 e. The van der Waals surface area contributed by atoms with Crippen LogP contribution in [0.15, 0.2) is 36.8 Å². The van der Waals surface area contributed by atoms with E-state index in [1.54, 1.807) is 10.9 Å². The molecule has 0 spiro atoms. The summed E-state index contributed by atoms with van der Waals surface area (Å²) in [5.41, 5.74) is 2.13. The van der Waals surface area contributed by atoms with Crippen LogP contribution in [0.2, 0.25) is 0 Å². The number of likely N-dealkylation sites (tertiary alicyclic amines) is 1. The van der Waals surface area contributed by atoms with Crippen molar-refractivity contribution < 1.29 is 4.79 Å². The summed E-state index contributed by atoms with van der Waals surface area (Å²) in [4.78, 5) is 18.5. The van der Waals surface area contributed by atoms with Crippen LogP contribution in [0.25, 0.3) is 0 Å². The summed E-state index contributed by atoms with van der Waals surface area (Å²) in [5.74, 6) is 0.487. The fourth-order valence-electron chi connectivity index (χ4n) is 3.37. The van der Waals surface area contributed by atoms with Crippen LogP contribution < -0.4 is 5.32 Å². The van der Waals surface area contributed by atoms with Crippen LogP contribution in [0, 0.1) is 5.92 Å². The second-order valence-corrected chi connectivity index (χ2v) is 5.99. The van der Waals surface area contributed by atoms with Crippen molar-refractivity contribution in [2.24, 2.45) is 13.0 Å². The maximum Gasteiger partial charge on any atom is 0.223 e. The van der Waals surface area contributed by atoms with E-state index in [-0.39, 0.29) is 17.9 Å². The van der Waals surface area contributed by atoms with Gasteiger partial charge in [0.2, 0.25) is 5.91 Å². The van der Waals surface area contributed by atoms with Gasteiger partial charge in [-0.1, -0.05) is 6.07 Å². The van der Waals surface area contributed by atoms with E-state index in [1.165, 1.54) is 0 Å². The molecule has 1 amide bonds. The van der Waals surface area contributed by atoms with Gasteiger partial charge in [0.1, 0.15) is 0 Å². The first-order chi connectivity index (χ1) is 11.2. The molecule has 1 aliphatic rings. The Kier molecular flexibility index (Phi) is 4.71. The number of pyridine rings is 1. The second kappa shape index (κ2) is 6.91. The minimum absolute atomic E-state index is 0.109. The Morgan fingerprint density at radius 1 is 1.39 bits per heavy atom. The minimum Gasteiger partial charge on any atom is -0.336 e. The summed E-state index contributed by atoms with van der Waals surface area (Å²) in [6.45, 7) is 4.27. The third-order valence-electron chi connectivity index (χ3n) is 4.39. The molecule has 1 N–H and O–H groups in total. The minimum atomic E-state index is 0.109. The van der Waals surface area contributed by atoms with Crippen LogP contribution in [-0.4, -0.2) is 38.7 Å². The van der Waals surface area contributed by atoms with Gasteiger partial charge in [-0.15, -0.1) is 0 Å². The maximum absolute atomic E-state index is 12.3. The highest BCUT2D eigenvalue weighted by Gasteiger charge is 2.39. The molecule has 1 fully saturated rings. The number of aryl methyl sites for hydroxylation is 1. The van der Waals surface area contributed by atoms with Crippen LogP contribution >= 0.6 is 0 Å². The molecule has 2 aromatic heterocycles. The molecule has 0 bridgehead atoms. The molecule has 0 aromatic carbocycles. The van der Waals surface area contributed by atoms with E-state index in [0.29, 0.717) is 6.42 Å². The van der Waals surface area contributed by atoms with Crippen molar-refractivity contribution >= 4 is 5.91 Å². The van der Waals surface area contributed by atoms with E-state index < -0.39 is 0 Å². The second-order valence-electron chi connectivity index (χ2n) is 5.99. The van der Waals surface area contributed by atoms with Crippen LogP contribution in [0.1, 0.15) is 30.6 Å². The first-order valence-corrected chi connectivity index (χ1v) is 8.07. The lowest BCUT2D eigenvalue weighted by molar-refractivity contribution is -0.128. The first kappa shape index (κ1) is 15.7. The van der Waals surface area contributed by atoms with Crippen LogP contribution in [-0.2, 0) is 18.4 Å². The van der Waals surface area contributed by atoms with E-state index in [2.05, 4.69) is 21.5 Å². The molecule has 0 saturated carbocycles. The van der Waals surface area contributed by atoms with Crippen molar-refractivity contribution in [2.45, 2.75) is 25.9 Å². The quantitative estimate of drug-likeness (QED) is 0.878. The lowest BCUT2D eigenvalue weighted by Crippen LogP contribution is -2.31. The Morgan fingerprint density at radius 3 is 2.91 bits per heavy atom. The molecule has 1 aliphatic heterocycles. The van der Waals surface area contributed by atoms with Gasteiger partial charge in [-0.3, -0.25) is 14.5 Å². The van der Waals surface area contributed by atoms with Crippen molar-refractivity contribution in [1.82, 2.24) is 25.0 Å². The molecule has 2 atom stereocenters. The van der Waals surface area contributed by atoms with Crippen molar-refractivity contribution in [2.75, 3.05) is 13.1 Å². The van der Waals surface area contributed by atoms with Crippen molar-refractivity contribution in [3.8, 4) is 0 Å². The zero-order valence-corrected chi connectivity index (χ0v) is 13.6. The third-order valence-corrected chi connectivity index (χ3v) is 4.39. The lowest BCUT2D eigenvalue weighted by atomic mass is 9.94. The molecular formula is C17H23N5O. The van der Waals surface area contributed by atoms with E-state index >= 15 is 0 Å². The Balaban J connectivity index is 1.68. The van der Waals surface area contributed by atoms with Gasteiger partial charge in [-0.2, -0.15) is 5.10 Å². The highest BCUT2D eigenvalue weighted by Crippen LogP contribution is 2.37. The summed E-state index contributed by atoms with van der Waals surface area (Å²) in [6, 6.07) is 6.11. The molecule has 3 rings (SSSR count). The number of nitrogens with zero attached hydrogens (tertiary/aromatic N) is 4. The zero-order valence-electron chi connectivity index (χ0n) is 13.6. The number of rotatable bonds is 6. The monoisotopic (exact) mass is 313 g/mol. The fraction of sp³-hybridized carbons (Fsp3) is 0.471. The summed E-state index contributed by atoms with van der Waals surface area (Å²) in [5, 5.41) is 7.81. The topological polar surface area (TPSA) is 63.1 Å². The maximum atomic E-state index is 12.3. The number of hydrogen-bond donors (Lipinski definition) is 1. The Bertz CT molecular complexity index is 654. The Hall–Kier alpha value is -2.21. The van der Waals surface area contributed by atoms with Gasteiger partial charge in [-0.05, 0) is 24.6 Å². The van der Waals surface area contributed by atoms with Crippen molar-refractivity contribution in [3.05, 3.63) is 48.0 Å². The predicted molar refractivity (Wildman–Crippen MR) is 87.4 cm³/mol. The average molecular weight is 313 g/mol. The van der Waals surface area contributed by atoms with E-state index in [1.807, 2.05) is 43.4 Å². The lowest BCUT2D eigenvalue weighted by Gasteiger charge is -2.27. The number of amides is 1. The van der Waals surface area contributed by atoms with Gasteiger partial charge in [0, 0.05) is 57.6 Å². The van der Waals surface area contributed by atoms with E-state index in [4.69, 9.17) is 0 Å². The molecule has 6 nitrogen and oxygen atoms in total. The summed E-state index contributed by atoms with van der Waals surface area (Å²) < 4.78 is 1.80. The summed E-state index contributed by atoms with van der Waals surface area (Å²) in [6.07, 6.45) is 6.17. The third kappa shape index (κ3) is 3.42. The van der Waals surface area contributed by atoms with Gasteiger partial charge in [0.25, 0.3) is 0 Å². The molecule has 0 unspecified atom stereocenters. The average Bonchev–Trinajstić information content (AvgIpc) is 3.11. The van der Waals surface area contributed by atoms with E-state index in [9.17, 15) is 4.79 Å². The fourth-order valence-corrected chi connectivity index (χ4v) is 3.37. The number of hydrogen-bond acceptors (Lipinski definition) is 4. The van der Waals surface area contributed by atoms with Gasteiger partial charge in [0.15, 0.2) is 0 Å². The smallest absolute Gasteiger partial charge is 0.223 e.